The third-order valence-electron chi connectivity index (χ3n) is 2.86. The van der Waals surface area contributed by atoms with Crippen LogP contribution in [0.1, 0.15) is 10.4 Å². The first-order valence-electron chi connectivity index (χ1n) is 5.56. The molecule has 0 aliphatic carbocycles. The first-order valence-corrected chi connectivity index (χ1v) is 7.48. The van der Waals surface area contributed by atoms with E-state index in [0.717, 1.165) is 0 Å². The summed E-state index contributed by atoms with van der Waals surface area (Å²) >= 11 is 6.59. The number of halogens is 2. The van der Waals surface area contributed by atoms with Crippen molar-refractivity contribution in [1.82, 2.24) is 4.90 Å². The van der Waals surface area contributed by atoms with Crippen LogP contribution >= 0.6 is 31.9 Å². The molecule has 0 bridgehead atoms. The molecule has 18 heavy (non-hydrogen) atoms. The van der Waals surface area contributed by atoms with Gasteiger partial charge in [0.05, 0.1) is 23.7 Å². The minimum atomic E-state index is -0.0782. The maximum absolute atomic E-state index is 12.4. The number of carbonyl (C=O) groups excluding carboxylic acids is 1. The van der Waals surface area contributed by atoms with Gasteiger partial charge in [-0.15, -0.1) is 0 Å². The highest BCUT2D eigenvalue weighted by atomic mass is 79.9. The SMILES string of the molecule is O=C(c1ccc(Br)c(O)c1)N1CCOCC1CBr. The lowest BCUT2D eigenvalue weighted by Gasteiger charge is -2.34. The van der Waals surface area contributed by atoms with Gasteiger partial charge >= 0.3 is 0 Å². The van der Waals surface area contributed by atoms with Gasteiger partial charge in [0.25, 0.3) is 5.91 Å². The molecule has 1 aliphatic rings. The van der Waals surface area contributed by atoms with Crippen molar-refractivity contribution in [3.05, 3.63) is 28.2 Å². The lowest BCUT2D eigenvalue weighted by molar-refractivity contribution is 0.00523. The predicted molar refractivity (Wildman–Crippen MR) is 75.2 cm³/mol. The molecule has 4 nitrogen and oxygen atoms in total. The van der Waals surface area contributed by atoms with Crippen molar-refractivity contribution in [2.24, 2.45) is 0 Å². The molecule has 1 heterocycles. The van der Waals surface area contributed by atoms with Crippen LogP contribution in [0.5, 0.6) is 5.75 Å². The monoisotopic (exact) mass is 377 g/mol. The summed E-state index contributed by atoms with van der Waals surface area (Å²) in [5, 5.41) is 10.3. The van der Waals surface area contributed by atoms with Crippen LogP contribution in [0.3, 0.4) is 0 Å². The number of rotatable bonds is 2. The number of hydrogen-bond donors (Lipinski definition) is 1. The molecule has 1 aromatic rings. The molecule has 2 rings (SSSR count). The molecule has 0 saturated carbocycles. The third kappa shape index (κ3) is 2.87. The maximum Gasteiger partial charge on any atom is 0.254 e. The normalized spacial score (nSPS) is 19.9. The smallest absolute Gasteiger partial charge is 0.254 e. The molecule has 1 amide bonds. The molecule has 0 aromatic heterocycles. The lowest BCUT2D eigenvalue weighted by Crippen LogP contribution is -2.49. The lowest BCUT2D eigenvalue weighted by atomic mass is 10.1. The summed E-state index contributed by atoms with van der Waals surface area (Å²) in [5.41, 5.74) is 0.489. The van der Waals surface area contributed by atoms with Gasteiger partial charge in [-0.25, -0.2) is 0 Å². The number of aromatic hydroxyl groups is 1. The molecule has 1 unspecified atom stereocenters. The highest BCUT2D eigenvalue weighted by Gasteiger charge is 2.27. The van der Waals surface area contributed by atoms with Crippen LogP contribution in [-0.4, -0.2) is 47.0 Å². The van der Waals surface area contributed by atoms with E-state index in [2.05, 4.69) is 31.9 Å². The van der Waals surface area contributed by atoms with Gasteiger partial charge in [0, 0.05) is 17.4 Å². The van der Waals surface area contributed by atoms with Crippen LogP contribution in [0.25, 0.3) is 0 Å². The number of alkyl halides is 1. The van der Waals surface area contributed by atoms with E-state index in [0.29, 0.717) is 35.1 Å². The summed E-state index contributed by atoms with van der Waals surface area (Å²) in [4.78, 5) is 14.1. The van der Waals surface area contributed by atoms with Crippen molar-refractivity contribution in [3.63, 3.8) is 0 Å². The van der Waals surface area contributed by atoms with E-state index < -0.39 is 0 Å². The van der Waals surface area contributed by atoms with Crippen molar-refractivity contribution in [2.75, 3.05) is 25.1 Å². The number of nitrogens with zero attached hydrogens (tertiary/aromatic N) is 1. The van der Waals surface area contributed by atoms with Crippen LogP contribution in [0.15, 0.2) is 22.7 Å². The number of ether oxygens (including phenoxy) is 1. The first kappa shape index (κ1) is 13.8. The Kier molecular flexibility index (Phi) is 4.64. The van der Waals surface area contributed by atoms with E-state index in [1.165, 1.54) is 6.07 Å². The van der Waals surface area contributed by atoms with Gasteiger partial charge in [0.1, 0.15) is 5.75 Å². The Bertz CT molecular complexity index is 453. The fraction of sp³-hybridized carbons (Fsp3) is 0.417. The van der Waals surface area contributed by atoms with Gasteiger partial charge < -0.3 is 14.7 Å². The maximum atomic E-state index is 12.4. The van der Waals surface area contributed by atoms with Crippen molar-refractivity contribution >= 4 is 37.8 Å². The molecular weight excluding hydrogens is 366 g/mol. The highest BCUT2D eigenvalue weighted by molar-refractivity contribution is 9.10. The molecule has 1 aliphatic heterocycles. The zero-order valence-electron chi connectivity index (χ0n) is 9.60. The Morgan fingerprint density at radius 1 is 1.56 bits per heavy atom. The number of phenolic OH excluding ortho intramolecular Hbond substituents is 1. The molecule has 1 atom stereocenters. The highest BCUT2D eigenvalue weighted by Crippen LogP contribution is 2.25. The van der Waals surface area contributed by atoms with Gasteiger partial charge in [-0.1, -0.05) is 15.9 Å². The van der Waals surface area contributed by atoms with E-state index in [-0.39, 0.29) is 17.7 Å². The fourth-order valence-electron chi connectivity index (χ4n) is 1.86. The zero-order chi connectivity index (χ0) is 13.1. The van der Waals surface area contributed by atoms with Gasteiger partial charge in [-0.05, 0) is 34.1 Å². The first-order chi connectivity index (χ1) is 8.63. The summed E-state index contributed by atoms with van der Waals surface area (Å²) in [6.07, 6.45) is 0. The molecule has 6 heteroatoms. The average Bonchev–Trinajstić information content (AvgIpc) is 2.41. The summed E-state index contributed by atoms with van der Waals surface area (Å²) < 4.78 is 5.93. The molecular formula is C12H13Br2NO3. The van der Waals surface area contributed by atoms with E-state index in [1.807, 2.05) is 0 Å². The van der Waals surface area contributed by atoms with Crippen molar-refractivity contribution in [3.8, 4) is 5.75 Å². The second-order valence-electron chi connectivity index (χ2n) is 4.05. The number of morpholine rings is 1. The predicted octanol–water partition coefficient (Wildman–Crippen LogP) is 2.39. The molecule has 1 aromatic carbocycles. The molecule has 1 saturated heterocycles. The standard InChI is InChI=1S/C12H13Br2NO3/c13-6-9-7-18-4-3-15(9)12(17)8-1-2-10(14)11(16)5-8/h1-2,5,9,16H,3-4,6-7H2. The summed E-state index contributed by atoms with van der Waals surface area (Å²) in [6.45, 7) is 1.67. The Morgan fingerprint density at radius 3 is 3.00 bits per heavy atom. The number of hydrogen-bond acceptors (Lipinski definition) is 3. The quantitative estimate of drug-likeness (QED) is 0.804. The van der Waals surface area contributed by atoms with Crippen LogP contribution < -0.4 is 0 Å². The van der Waals surface area contributed by atoms with Gasteiger partial charge in [0.2, 0.25) is 0 Å². The summed E-state index contributed by atoms with van der Waals surface area (Å²) in [7, 11) is 0. The average molecular weight is 379 g/mol. The van der Waals surface area contributed by atoms with Crippen molar-refractivity contribution in [2.45, 2.75) is 6.04 Å². The number of carbonyl (C=O) groups is 1. The fourth-order valence-corrected chi connectivity index (χ4v) is 2.64. The second kappa shape index (κ2) is 6.04. The van der Waals surface area contributed by atoms with E-state index in [4.69, 9.17) is 4.74 Å². The van der Waals surface area contributed by atoms with Gasteiger partial charge in [-0.3, -0.25) is 4.79 Å². The third-order valence-corrected chi connectivity index (χ3v) is 4.28. The molecule has 98 valence electrons. The van der Waals surface area contributed by atoms with E-state index >= 15 is 0 Å². The van der Waals surface area contributed by atoms with E-state index in [9.17, 15) is 9.90 Å². The van der Waals surface area contributed by atoms with Crippen molar-refractivity contribution in [1.29, 1.82) is 0 Å². The number of phenols is 1. The van der Waals surface area contributed by atoms with Crippen LogP contribution in [0, 0.1) is 0 Å². The van der Waals surface area contributed by atoms with Crippen LogP contribution in [0.2, 0.25) is 0 Å². The zero-order valence-corrected chi connectivity index (χ0v) is 12.8. The molecule has 1 N–H and O–H groups in total. The van der Waals surface area contributed by atoms with Gasteiger partial charge in [0.15, 0.2) is 0 Å². The Hall–Kier alpha value is -0.590. The summed E-state index contributed by atoms with van der Waals surface area (Å²) in [6, 6.07) is 4.89. The Balaban J connectivity index is 2.21. The van der Waals surface area contributed by atoms with E-state index in [1.54, 1.807) is 17.0 Å². The Labute approximate surface area is 122 Å². The number of amides is 1. The second-order valence-corrected chi connectivity index (χ2v) is 5.55. The molecule has 0 spiro atoms. The minimum Gasteiger partial charge on any atom is -0.507 e. The van der Waals surface area contributed by atoms with Crippen molar-refractivity contribution < 1.29 is 14.6 Å². The largest absolute Gasteiger partial charge is 0.507 e. The van der Waals surface area contributed by atoms with Gasteiger partial charge in [-0.2, -0.15) is 0 Å². The minimum absolute atomic E-state index is 0.0389. The van der Waals surface area contributed by atoms with Crippen LogP contribution in [-0.2, 0) is 4.74 Å². The summed E-state index contributed by atoms with van der Waals surface area (Å²) in [5.74, 6) is -0.00458. The topological polar surface area (TPSA) is 49.8 Å². The molecule has 0 radical (unpaired) electrons. The Morgan fingerprint density at radius 2 is 2.33 bits per heavy atom. The van der Waals surface area contributed by atoms with Crippen LogP contribution in [0.4, 0.5) is 0 Å². The number of benzene rings is 1. The molecule has 1 fully saturated rings.